The predicted molar refractivity (Wildman–Crippen MR) is 110 cm³/mol. The van der Waals surface area contributed by atoms with Crippen molar-refractivity contribution in [2.75, 3.05) is 13.7 Å². The van der Waals surface area contributed by atoms with Crippen molar-refractivity contribution < 1.29 is 23.8 Å². The number of aromatic amines is 1. The van der Waals surface area contributed by atoms with E-state index in [2.05, 4.69) is 4.98 Å². The molecule has 2 N–H and O–H groups in total. The maximum absolute atomic E-state index is 14.5. The lowest BCUT2D eigenvalue weighted by molar-refractivity contribution is -0.129. The molecule has 1 amide bonds. The van der Waals surface area contributed by atoms with Crippen LogP contribution in [0, 0.1) is 5.82 Å². The molecule has 3 aromatic rings. The molecule has 1 atom stereocenters. The third-order valence-electron chi connectivity index (χ3n) is 5.48. The number of aliphatic hydroxyl groups excluding tert-OH is 1. The van der Waals surface area contributed by atoms with Crippen molar-refractivity contribution in [1.29, 1.82) is 0 Å². The number of carbonyl (C=O) groups excluding carboxylic acids is 2. The summed E-state index contributed by atoms with van der Waals surface area (Å²) in [6.07, 6.45) is 2.30. The summed E-state index contributed by atoms with van der Waals surface area (Å²) in [4.78, 5) is 29.5. The van der Waals surface area contributed by atoms with Crippen LogP contribution in [0.15, 0.2) is 60.0 Å². The van der Waals surface area contributed by atoms with Gasteiger partial charge in [-0.05, 0) is 43.2 Å². The second kappa shape index (κ2) is 7.67. The lowest BCUT2D eigenvalue weighted by Gasteiger charge is -2.26. The minimum Gasteiger partial charge on any atom is -0.503 e. The number of carbonyl (C=O) groups is 2. The van der Waals surface area contributed by atoms with Crippen LogP contribution in [0.4, 0.5) is 4.39 Å². The minimum absolute atomic E-state index is 0.0781. The summed E-state index contributed by atoms with van der Waals surface area (Å²) in [5, 5.41) is 11.3. The van der Waals surface area contributed by atoms with Crippen LogP contribution in [0.2, 0.25) is 0 Å². The van der Waals surface area contributed by atoms with Crippen LogP contribution >= 0.6 is 0 Å². The van der Waals surface area contributed by atoms with E-state index in [4.69, 9.17) is 4.74 Å². The lowest BCUT2D eigenvalue weighted by atomic mass is 9.96. The number of nitrogens with one attached hydrogen (secondary N) is 1. The highest BCUT2D eigenvalue weighted by atomic mass is 19.1. The van der Waals surface area contributed by atoms with Crippen LogP contribution in [0.1, 0.15) is 24.1 Å². The van der Waals surface area contributed by atoms with Gasteiger partial charge in [0.15, 0.2) is 11.5 Å². The summed E-state index contributed by atoms with van der Waals surface area (Å²) in [6, 6.07) is 10.7. The predicted octanol–water partition coefficient (Wildman–Crippen LogP) is 3.84. The smallest absolute Gasteiger partial charge is 0.290 e. The number of aromatic nitrogens is 1. The number of hydrogen-bond acceptors (Lipinski definition) is 4. The molecule has 7 heteroatoms. The van der Waals surface area contributed by atoms with E-state index in [0.717, 1.165) is 16.5 Å². The first-order valence-electron chi connectivity index (χ1n) is 9.55. The first kappa shape index (κ1) is 19.7. The van der Waals surface area contributed by atoms with Crippen LogP contribution in [-0.2, 0) is 16.0 Å². The maximum atomic E-state index is 14.5. The normalized spacial score (nSPS) is 16.6. The van der Waals surface area contributed by atoms with Gasteiger partial charge in [-0.1, -0.05) is 18.2 Å². The molecule has 1 aliphatic rings. The Balaban J connectivity index is 1.68. The molecule has 1 aromatic heterocycles. The van der Waals surface area contributed by atoms with Gasteiger partial charge in [-0.3, -0.25) is 9.59 Å². The van der Waals surface area contributed by atoms with Gasteiger partial charge < -0.3 is 19.7 Å². The van der Waals surface area contributed by atoms with Gasteiger partial charge in [0.2, 0.25) is 0 Å². The fourth-order valence-corrected chi connectivity index (χ4v) is 4.00. The second-order valence-electron chi connectivity index (χ2n) is 7.22. The minimum atomic E-state index is -0.962. The third kappa shape index (κ3) is 3.22. The monoisotopic (exact) mass is 408 g/mol. The highest BCUT2D eigenvalue weighted by molar-refractivity contribution is 6.08. The molecule has 4 rings (SSSR count). The zero-order chi connectivity index (χ0) is 21.4. The molecule has 0 fully saturated rings. The van der Waals surface area contributed by atoms with E-state index in [1.165, 1.54) is 30.0 Å². The number of hydrogen-bond donors (Lipinski definition) is 2. The summed E-state index contributed by atoms with van der Waals surface area (Å²) in [5.41, 5.74) is 1.97. The molecule has 0 aliphatic carbocycles. The molecule has 0 saturated carbocycles. The highest BCUT2D eigenvalue weighted by Crippen LogP contribution is 2.39. The molecule has 2 aromatic carbocycles. The SMILES string of the molecule is COc1ccc2[nH]cc(CCN3C(=O)C(O)=C(C(C)=O)[C@@H]3c3ccccc3F)c2c1. The van der Waals surface area contributed by atoms with Gasteiger partial charge in [0.1, 0.15) is 11.6 Å². The molecule has 0 saturated heterocycles. The number of rotatable bonds is 6. The maximum Gasteiger partial charge on any atom is 0.290 e. The number of aliphatic hydroxyl groups is 1. The molecule has 2 heterocycles. The summed E-state index contributed by atoms with van der Waals surface area (Å²) in [7, 11) is 1.59. The van der Waals surface area contributed by atoms with Crippen LogP contribution in [0.3, 0.4) is 0 Å². The molecule has 0 bridgehead atoms. The number of ketones is 1. The molecule has 1 aliphatic heterocycles. The quantitative estimate of drug-likeness (QED) is 0.649. The second-order valence-corrected chi connectivity index (χ2v) is 7.22. The number of ether oxygens (including phenoxy) is 1. The Morgan fingerprint density at radius 2 is 2.03 bits per heavy atom. The largest absolute Gasteiger partial charge is 0.503 e. The zero-order valence-electron chi connectivity index (χ0n) is 16.6. The van der Waals surface area contributed by atoms with E-state index in [-0.39, 0.29) is 17.7 Å². The fourth-order valence-electron chi connectivity index (χ4n) is 4.00. The summed E-state index contributed by atoms with van der Waals surface area (Å²) in [5.74, 6) is -1.58. The Morgan fingerprint density at radius 1 is 1.27 bits per heavy atom. The van der Waals surface area contributed by atoms with E-state index in [1.807, 2.05) is 24.4 Å². The van der Waals surface area contributed by atoms with Crippen LogP contribution in [0.5, 0.6) is 5.75 Å². The van der Waals surface area contributed by atoms with Gasteiger partial charge >= 0.3 is 0 Å². The average Bonchev–Trinajstić information content (AvgIpc) is 3.25. The first-order chi connectivity index (χ1) is 14.4. The number of H-pyrrole nitrogens is 1. The Kier molecular flexibility index (Phi) is 5.03. The van der Waals surface area contributed by atoms with Gasteiger partial charge in [-0.2, -0.15) is 0 Å². The van der Waals surface area contributed by atoms with E-state index >= 15 is 0 Å². The number of methoxy groups -OCH3 is 1. The highest BCUT2D eigenvalue weighted by Gasteiger charge is 2.43. The standard InChI is InChI=1S/C23H21FN2O4/c1-13(27)20-21(16-5-3-4-6-18(16)24)26(23(29)22(20)28)10-9-14-12-25-19-8-7-15(30-2)11-17(14)19/h3-8,11-12,21,25,28H,9-10H2,1-2H3/t21-/m0/s1. The third-order valence-corrected chi connectivity index (χ3v) is 5.48. The van der Waals surface area contributed by atoms with Gasteiger partial charge in [0, 0.05) is 29.2 Å². The number of nitrogens with zero attached hydrogens (tertiary/aromatic N) is 1. The van der Waals surface area contributed by atoms with Crippen molar-refractivity contribution in [1.82, 2.24) is 9.88 Å². The van der Waals surface area contributed by atoms with Crippen LogP contribution in [-0.4, -0.2) is 40.3 Å². The number of Topliss-reactive ketones (excluding diaryl/α,β-unsaturated/α-hetero) is 1. The topological polar surface area (TPSA) is 82.6 Å². The molecule has 0 spiro atoms. The number of amides is 1. The van der Waals surface area contributed by atoms with Gasteiger partial charge in [0.25, 0.3) is 5.91 Å². The van der Waals surface area contributed by atoms with E-state index in [1.54, 1.807) is 13.2 Å². The van der Waals surface area contributed by atoms with Crippen molar-refractivity contribution in [3.63, 3.8) is 0 Å². The van der Waals surface area contributed by atoms with E-state index in [9.17, 15) is 19.1 Å². The Bertz CT molecular complexity index is 1180. The van der Waals surface area contributed by atoms with Crippen LogP contribution in [0.25, 0.3) is 10.9 Å². The van der Waals surface area contributed by atoms with Gasteiger partial charge in [-0.15, -0.1) is 0 Å². The lowest BCUT2D eigenvalue weighted by Crippen LogP contribution is -2.33. The van der Waals surface area contributed by atoms with Crippen molar-refractivity contribution >= 4 is 22.6 Å². The molecule has 0 unspecified atom stereocenters. The Morgan fingerprint density at radius 3 is 2.73 bits per heavy atom. The zero-order valence-corrected chi connectivity index (χ0v) is 16.6. The molecular weight excluding hydrogens is 387 g/mol. The first-order valence-corrected chi connectivity index (χ1v) is 9.55. The Labute approximate surface area is 172 Å². The van der Waals surface area contributed by atoms with E-state index in [0.29, 0.717) is 12.2 Å². The van der Waals surface area contributed by atoms with Crippen molar-refractivity contribution in [3.8, 4) is 5.75 Å². The van der Waals surface area contributed by atoms with Crippen molar-refractivity contribution in [3.05, 3.63) is 76.9 Å². The van der Waals surface area contributed by atoms with Gasteiger partial charge in [-0.25, -0.2) is 4.39 Å². The molecule has 0 radical (unpaired) electrons. The van der Waals surface area contributed by atoms with Crippen LogP contribution < -0.4 is 4.74 Å². The molecule has 6 nitrogen and oxygen atoms in total. The summed E-state index contributed by atoms with van der Waals surface area (Å²) < 4.78 is 19.8. The average molecular weight is 408 g/mol. The number of benzene rings is 2. The van der Waals surface area contributed by atoms with Crippen molar-refractivity contribution in [2.24, 2.45) is 0 Å². The molecule has 154 valence electrons. The number of halogens is 1. The fraction of sp³-hybridized carbons (Fsp3) is 0.217. The Hall–Kier alpha value is -3.61. The summed E-state index contributed by atoms with van der Waals surface area (Å²) in [6.45, 7) is 1.46. The molecule has 30 heavy (non-hydrogen) atoms. The summed E-state index contributed by atoms with van der Waals surface area (Å²) >= 11 is 0. The van der Waals surface area contributed by atoms with E-state index < -0.39 is 29.3 Å². The number of fused-ring (bicyclic) bond motifs is 1. The molecular formula is C23H21FN2O4. The van der Waals surface area contributed by atoms with Gasteiger partial charge in [0.05, 0.1) is 18.7 Å². The van der Waals surface area contributed by atoms with Crippen molar-refractivity contribution in [2.45, 2.75) is 19.4 Å².